The van der Waals surface area contributed by atoms with Gasteiger partial charge in [-0.05, 0) is 58.7 Å². The van der Waals surface area contributed by atoms with Crippen molar-refractivity contribution in [1.29, 1.82) is 0 Å². The first-order chi connectivity index (χ1) is 9.90. The van der Waals surface area contributed by atoms with E-state index in [-0.39, 0.29) is 22.2 Å². The third kappa shape index (κ3) is 3.47. The summed E-state index contributed by atoms with van der Waals surface area (Å²) in [5, 5.41) is 0. The van der Waals surface area contributed by atoms with E-state index < -0.39 is 5.82 Å². The van der Waals surface area contributed by atoms with E-state index in [2.05, 4.69) is 15.9 Å². The van der Waals surface area contributed by atoms with E-state index in [1.807, 2.05) is 6.92 Å². The van der Waals surface area contributed by atoms with Gasteiger partial charge in [-0.25, -0.2) is 8.78 Å². The number of carbonyl (C=O) groups is 1. The van der Waals surface area contributed by atoms with E-state index in [0.717, 1.165) is 5.56 Å². The Hall–Kier alpha value is -1.75. The summed E-state index contributed by atoms with van der Waals surface area (Å²) in [6.07, 6.45) is 0. The Bertz CT molecular complexity index is 658. The first kappa shape index (κ1) is 15.6. The van der Waals surface area contributed by atoms with E-state index in [1.54, 1.807) is 19.2 Å². The van der Waals surface area contributed by atoms with Crippen LogP contribution in [-0.4, -0.2) is 17.9 Å². The van der Waals surface area contributed by atoms with Crippen LogP contribution < -0.4 is 0 Å². The molecule has 2 rings (SSSR count). The maximum absolute atomic E-state index is 13.2. The Morgan fingerprint density at radius 3 is 2.33 bits per heavy atom. The first-order valence-corrected chi connectivity index (χ1v) is 7.17. The lowest BCUT2D eigenvalue weighted by Crippen LogP contribution is -2.29. The van der Waals surface area contributed by atoms with Gasteiger partial charge in [-0.15, -0.1) is 0 Å². The van der Waals surface area contributed by atoms with Gasteiger partial charge in [0.25, 0.3) is 5.91 Å². The molecule has 0 spiro atoms. The second-order valence-corrected chi connectivity index (χ2v) is 5.63. The van der Waals surface area contributed by atoms with Crippen LogP contribution >= 0.6 is 15.9 Å². The molecule has 0 aromatic heterocycles. The molecule has 2 aromatic carbocycles. The molecule has 0 radical (unpaired) electrons. The van der Waals surface area contributed by atoms with Gasteiger partial charge in [0.15, 0.2) is 0 Å². The molecule has 21 heavy (non-hydrogen) atoms. The fourth-order valence-electron chi connectivity index (χ4n) is 1.97. The smallest absolute Gasteiger partial charge is 0.254 e. The highest BCUT2D eigenvalue weighted by Gasteiger charge is 2.19. The lowest BCUT2D eigenvalue weighted by atomic mass is 10.1. The molecule has 0 aliphatic carbocycles. The molecule has 0 N–H and O–H groups in total. The molecule has 2 nitrogen and oxygen atoms in total. The van der Waals surface area contributed by atoms with Crippen LogP contribution in [0.3, 0.4) is 0 Å². The van der Waals surface area contributed by atoms with Crippen LogP contribution in [-0.2, 0) is 0 Å². The zero-order valence-electron chi connectivity index (χ0n) is 11.6. The molecule has 0 saturated heterocycles. The molecule has 0 aliphatic rings. The SMILES string of the molecule is CC(c1ccc(F)cc1)N(C)C(=O)c1ccc(F)c(Br)c1. The number of benzene rings is 2. The fraction of sp³-hybridized carbons (Fsp3) is 0.188. The topological polar surface area (TPSA) is 20.3 Å². The molecule has 5 heteroatoms. The van der Waals surface area contributed by atoms with Crippen LogP contribution in [0.15, 0.2) is 46.9 Å². The third-order valence-corrected chi connectivity index (χ3v) is 4.03. The molecule has 1 unspecified atom stereocenters. The van der Waals surface area contributed by atoms with Crippen molar-refractivity contribution in [2.45, 2.75) is 13.0 Å². The Kier molecular flexibility index (Phi) is 4.73. The molecule has 0 bridgehead atoms. The average molecular weight is 354 g/mol. The molecule has 0 aliphatic heterocycles. The third-order valence-electron chi connectivity index (χ3n) is 3.42. The Labute approximate surface area is 130 Å². The van der Waals surface area contributed by atoms with Gasteiger partial charge in [-0.1, -0.05) is 12.1 Å². The van der Waals surface area contributed by atoms with E-state index >= 15 is 0 Å². The van der Waals surface area contributed by atoms with Gasteiger partial charge in [-0.2, -0.15) is 0 Å². The summed E-state index contributed by atoms with van der Waals surface area (Å²) >= 11 is 3.07. The van der Waals surface area contributed by atoms with E-state index in [9.17, 15) is 13.6 Å². The highest BCUT2D eigenvalue weighted by atomic mass is 79.9. The first-order valence-electron chi connectivity index (χ1n) is 6.38. The Balaban J connectivity index is 2.21. The quantitative estimate of drug-likeness (QED) is 0.791. The van der Waals surface area contributed by atoms with Crippen LogP contribution in [0, 0.1) is 11.6 Å². The normalized spacial score (nSPS) is 12.0. The van der Waals surface area contributed by atoms with Crippen molar-refractivity contribution < 1.29 is 13.6 Å². The molecule has 2 aromatic rings. The highest BCUT2D eigenvalue weighted by Crippen LogP contribution is 2.23. The monoisotopic (exact) mass is 353 g/mol. The number of halogens is 3. The molecule has 1 amide bonds. The fourth-order valence-corrected chi connectivity index (χ4v) is 2.35. The number of carbonyl (C=O) groups excluding carboxylic acids is 1. The van der Waals surface area contributed by atoms with Crippen LogP contribution in [0.4, 0.5) is 8.78 Å². The van der Waals surface area contributed by atoms with Crippen LogP contribution in [0.25, 0.3) is 0 Å². The van der Waals surface area contributed by atoms with Crippen molar-refractivity contribution in [3.05, 3.63) is 69.7 Å². The lowest BCUT2D eigenvalue weighted by Gasteiger charge is -2.25. The van der Waals surface area contributed by atoms with Crippen molar-refractivity contribution in [2.24, 2.45) is 0 Å². The molecule has 0 saturated carbocycles. The Morgan fingerprint density at radius 2 is 1.76 bits per heavy atom. The Morgan fingerprint density at radius 1 is 1.14 bits per heavy atom. The van der Waals surface area contributed by atoms with Crippen molar-refractivity contribution in [1.82, 2.24) is 4.90 Å². The van der Waals surface area contributed by atoms with Gasteiger partial charge in [0.05, 0.1) is 10.5 Å². The summed E-state index contributed by atoms with van der Waals surface area (Å²) in [6.45, 7) is 1.85. The molecule has 0 heterocycles. The number of hydrogen-bond acceptors (Lipinski definition) is 1. The second kappa shape index (κ2) is 6.35. The van der Waals surface area contributed by atoms with Crippen LogP contribution in [0.2, 0.25) is 0 Å². The van der Waals surface area contributed by atoms with Gasteiger partial charge in [0.2, 0.25) is 0 Å². The lowest BCUT2D eigenvalue weighted by molar-refractivity contribution is 0.0742. The molecular formula is C16H14BrF2NO. The van der Waals surface area contributed by atoms with Crippen molar-refractivity contribution in [2.75, 3.05) is 7.05 Å². The van der Waals surface area contributed by atoms with E-state index in [0.29, 0.717) is 5.56 Å². The number of amides is 1. The summed E-state index contributed by atoms with van der Waals surface area (Å²) in [5.41, 5.74) is 1.22. The second-order valence-electron chi connectivity index (χ2n) is 4.77. The summed E-state index contributed by atoms with van der Waals surface area (Å²) in [5.74, 6) is -0.962. The minimum atomic E-state index is -0.416. The van der Waals surface area contributed by atoms with Crippen molar-refractivity contribution in [3.8, 4) is 0 Å². The zero-order chi connectivity index (χ0) is 15.6. The molecule has 1 atom stereocenters. The van der Waals surface area contributed by atoms with Gasteiger partial charge in [-0.3, -0.25) is 4.79 Å². The van der Waals surface area contributed by atoms with Gasteiger partial charge < -0.3 is 4.90 Å². The van der Waals surface area contributed by atoms with Gasteiger partial charge in [0.1, 0.15) is 11.6 Å². The summed E-state index contributed by atoms with van der Waals surface area (Å²) < 4.78 is 26.4. The number of rotatable bonds is 3. The predicted octanol–water partition coefficient (Wildman–Crippen LogP) is 4.56. The highest BCUT2D eigenvalue weighted by molar-refractivity contribution is 9.10. The largest absolute Gasteiger partial charge is 0.335 e. The maximum Gasteiger partial charge on any atom is 0.254 e. The molecule has 110 valence electrons. The van der Waals surface area contributed by atoms with Crippen molar-refractivity contribution >= 4 is 21.8 Å². The van der Waals surface area contributed by atoms with Gasteiger partial charge >= 0.3 is 0 Å². The molecular weight excluding hydrogens is 340 g/mol. The average Bonchev–Trinajstić information content (AvgIpc) is 2.48. The van der Waals surface area contributed by atoms with E-state index in [4.69, 9.17) is 0 Å². The minimum absolute atomic E-state index is 0.220. The van der Waals surface area contributed by atoms with E-state index in [1.165, 1.54) is 35.2 Å². The van der Waals surface area contributed by atoms with Crippen LogP contribution in [0.5, 0.6) is 0 Å². The minimum Gasteiger partial charge on any atom is -0.335 e. The number of nitrogens with zero attached hydrogens (tertiary/aromatic N) is 1. The summed E-state index contributed by atoms with van der Waals surface area (Å²) in [4.78, 5) is 13.9. The zero-order valence-corrected chi connectivity index (χ0v) is 13.2. The standard InChI is InChI=1S/C16H14BrF2NO/c1-10(11-3-6-13(18)7-4-11)20(2)16(21)12-5-8-15(19)14(17)9-12/h3-10H,1-2H3. The summed E-state index contributed by atoms with van der Waals surface area (Å²) in [6, 6.07) is 9.92. The molecule has 0 fully saturated rings. The van der Waals surface area contributed by atoms with Gasteiger partial charge in [0, 0.05) is 12.6 Å². The predicted molar refractivity (Wildman–Crippen MR) is 81.0 cm³/mol. The van der Waals surface area contributed by atoms with Crippen LogP contribution in [0.1, 0.15) is 28.9 Å². The summed E-state index contributed by atoms with van der Waals surface area (Å²) in [7, 11) is 1.66. The van der Waals surface area contributed by atoms with Crippen molar-refractivity contribution in [3.63, 3.8) is 0 Å². The maximum atomic E-state index is 13.2. The number of hydrogen-bond donors (Lipinski definition) is 0.